The van der Waals surface area contributed by atoms with Gasteiger partial charge in [0, 0.05) is 6.92 Å². The number of unbranched alkanes of at least 4 members (excludes halogenated alkanes) is 7. The van der Waals surface area contributed by atoms with Crippen LogP contribution in [-0.2, 0) is 9.59 Å². The van der Waals surface area contributed by atoms with Gasteiger partial charge in [-0.25, -0.2) is 4.79 Å². The predicted octanol–water partition coefficient (Wildman–Crippen LogP) is 4.21. The summed E-state index contributed by atoms with van der Waals surface area (Å²) in [6.07, 6.45) is 12.6. The van der Waals surface area contributed by atoms with Crippen molar-refractivity contribution in [3.8, 4) is 0 Å². The van der Waals surface area contributed by atoms with Crippen molar-refractivity contribution in [1.82, 2.24) is 10.2 Å². The van der Waals surface area contributed by atoms with E-state index in [1.807, 2.05) is 0 Å². The van der Waals surface area contributed by atoms with Gasteiger partial charge >= 0.3 is 5.97 Å². The Bertz CT molecular complexity index is 336. The van der Waals surface area contributed by atoms with Crippen LogP contribution in [0.5, 0.6) is 0 Å². The Labute approximate surface area is 154 Å². The zero-order chi connectivity index (χ0) is 18.9. The number of nitrogens with one attached hydrogen (secondary N) is 1. The van der Waals surface area contributed by atoms with E-state index in [1.54, 1.807) is 0 Å². The maximum absolute atomic E-state index is 11.1. The Morgan fingerprint density at radius 2 is 1.32 bits per heavy atom. The molecule has 0 spiro atoms. The van der Waals surface area contributed by atoms with Gasteiger partial charge in [-0.3, -0.25) is 4.79 Å². The molecule has 0 bridgehead atoms. The predicted molar refractivity (Wildman–Crippen MR) is 104 cm³/mol. The van der Waals surface area contributed by atoms with Gasteiger partial charge in [0.15, 0.2) is 0 Å². The SMILES string of the molecule is CCCCCCN(CCCCCC)CCCC[C@H](NC(C)=O)C(=O)O. The van der Waals surface area contributed by atoms with Gasteiger partial charge < -0.3 is 15.3 Å². The fourth-order valence-electron chi connectivity index (χ4n) is 3.05. The van der Waals surface area contributed by atoms with Gasteiger partial charge in [0.1, 0.15) is 6.04 Å². The third kappa shape index (κ3) is 14.9. The maximum atomic E-state index is 11.1. The first-order valence-electron chi connectivity index (χ1n) is 10.2. The number of rotatable bonds is 17. The fraction of sp³-hybridized carbons (Fsp3) is 0.900. The molecule has 0 aromatic carbocycles. The Morgan fingerprint density at radius 1 is 0.840 bits per heavy atom. The average Bonchev–Trinajstić information content (AvgIpc) is 2.56. The smallest absolute Gasteiger partial charge is 0.326 e. The molecule has 0 radical (unpaired) electrons. The molecule has 25 heavy (non-hydrogen) atoms. The van der Waals surface area contributed by atoms with Crippen LogP contribution in [0, 0.1) is 0 Å². The van der Waals surface area contributed by atoms with E-state index in [0.717, 1.165) is 32.5 Å². The molecule has 0 saturated heterocycles. The lowest BCUT2D eigenvalue weighted by Gasteiger charge is -2.23. The van der Waals surface area contributed by atoms with Gasteiger partial charge in [-0.05, 0) is 51.7 Å². The van der Waals surface area contributed by atoms with Crippen LogP contribution in [0.15, 0.2) is 0 Å². The third-order valence-corrected chi connectivity index (χ3v) is 4.55. The molecule has 0 aliphatic rings. The minimum absolute atomic E-state index is 0.277. The molecule has 0 saturated carbocycles. The van der Waals surface area contributed by atoms with E-state index in [1.165, 1.54) is 58.3 Å². The molecule has 148 valence electrons. The van der Waals surface area contributed by atoms with Crippen LogP contribution in [-0.4, -0.2) is 47.6 Å². The molecule has 0 aliphatic carbocycles. The number of nitrogens with zero attached hydrogens (tertiary/aromatic N) is 1. The summed E-state index contributed by atoms with van der Waals surface area (Å²) in [4.78, 5) is 24.7. The first-order valence-corrected chi connectivity index (χ1v) is 10.2. The molecular formula is C20H40N2O3. The van der Waals surface area contributed by atoms with E-state index < -0.39 is 12.0 Å². The summed E-state index contributed by atoms with van der Waals surface area (Å²) in [5, 5.41) is 11.7. The van der Waals surface area contributed by atoms with E-state index in [2.05, 4.69) is 24.1 Å². The van der Waals surface area contributed by atoms with Crippen molar-refractivity contribution in [1.29, 1.82) is 0 Å². The second kappa shape index (κ2) is 16.4. The second-order valence-electron chi connectivity index (χ2n) is 7.05. The topological polar surface area (TPSA) is 69.6 Å². The number of aliphatic carboxylic acids is 1. The summed E-state index contributed by atoms with van der Waals surface area (Å²) >= 11 is 0. The van der Waals surface area contributed by atoms with Gasteiger partial charge in [-0.2, -0.15) is 0 Å². The third-order valence-electron chi connectivity index (χ3n) is 4.55. The number of carboxylic acid groups (broad SMARTS) is 1. The Kier molecular flexibility index (Phi) is 15.7. The Balaban J connectivity index is 4.10. The van der Waals surface area contributed by atoms with E-state index in [9.17, 15) is 9.59 Å². The van der Waals surface area contributed by atoms with Crippen LogP contribution in [0.1, 0.15) is 91.4 Å². The molecule has 0 rings (SSSR count). The standard InChI is InChI=1S/C20H40N2O3/c1-4-6-8-11-15-22(16-12-9-7-5-2)17-13-10-14-19(20(24)25)21-18(3)23/h19H,4-17H2,1-3H3,(H,21,23)(H,24,25)/t19-/m0/s1. The number of carbonyl (C=O) groups is 2. The lowest BCUT2D eigenvalue weighted by molar-refractivity contribution is -0.141. The van der Waals surface area contributed by atoms with E-state index in [0.29, 0.717) is 6.42 Å². The quantitative estimate of drug-likeness (QED) is 0.383. The monoisotopic (exact) mass is 356 g/mol. The van der Waals surface area contributed by atoms with Crippen LogP contribution in [0.3, 0.4) is 0 Å². The van der Waals surface area contributed by atoms with Crippen molar-refractivity contribution in [2.45, 2.75) is 97.4 Å². The van der Waals surface area contributed by atoms with Crippen LogP contribution >= 0.6 is 0 Å². The van der Waals surface area contributed by atoms with E-state index in [4.69, 9.17) is 5.11 Å². The van der Waals surface area contributed by atoms with Gasteiger partial charge in [0.25, 0.3) is 0 Å². The van der Waals surface area contributed by atoms with Crippen molar-refractivity contribution in [2.24, 2.45) is 0 Å². The second-order valence-corrected chi connectivity index (χ2v) is 7.05. The summed E-state index contributed by atoms with van der Waals surface area (Å²) in [5.41, 5.74) is 0. The minimum Gasteiger partial charge on any atom is -0.480 e. The van der Waals surface area contributed by atoms with Crippen molar-refractivity contribution < 1.29 is 14.7 Å². The molecular weight excluding hydrogens is 316 g/mol. The highest BCUT2D eigenvalue weighted by Gasteiger charge is 2.17. The Morgan fingerprint density at radius 3 is 1.72 bits per heavy atom. The normalized spacial score (nSPS) is 12.3. The first-order chi connectivity index (χ1) is 12.0. The number of amides is 1. The van der Waals surface area contributed by atoms with Crippen LogP contribution in [0.4, 0.5) is 0 Å². The number of carboxylic acids is 1. The van der Waals surface area contributed by atoms with Gasteiger partial charge in [0.2, 0.25) is 5.91 Å². The van der Waals surface area contributed by atoms with Crippen molar-refractivity contribution in [3.63, 3.8) is 0 Å². The first kappa shape index (κ1) is 23.9. The van der Waals surface area contributed by atoms with Crippen molar-refractivity contribution in [2.75, 3.05) is 19.6 Å². The molecule has 0 unspecified atom stereocenters. The van der Waals surface area contributed by atoms with Crippen LogP contribution in [0.25, 0.3) is 0 Å². The lowest BCUT2D eigenvalue weighted by atomic mass is 10.1. The van der Waals surface area contributed by atoms with Crippen molar-refractivity contribution in [3.05, 3.63) is 0 Å². The highest BCUT2D eigenvalue weighted by atomic mass is 16.4. The zero-order valence-electron chi connectivity index (χ0n) is 16.7. The van der Waals surface area contributed by atoms with Crippen molar-refractivity contribution >= 4 is 11.9 Å². The number of hydrogen-bond donors (Lipinski definition) is 2. The highest BCUT2D eigenvalue weighted by Crippen LogP contribution is 2.08. The van der Waals surface area contributed by atoms with Gasteiger partial charge in [-0.1, -0.05) is 52.4 Å². The van der Waals surface area contributed by atoms with Crippen LogP contribution in [0.2, 0.25) is 0 Å². The zero-order valence-corrected chi connectivity index (χ0v) is 16.7. The van der Waals surface area contributed by atoms with E-state index in [-0.39, 0.29) is 5.91 Å². The highest BCUT2D eigenvalue weighted by molar-refractivity contribution is 5.81. The summed E-state index contributed by atoms with van der Waals surface area (Å²) in [6, 6.07) is -0.750. The fourth-order valence-corrected chi connectivity index (χ4v) is 3.05. The molecule has 1 amide bonds. The maximum Gasteiger partial charge on any atom is 0.326 e. The average molecular weight is 357 g/mol. The largest absolute Gasteiger partial charge is 0.480 e. The summed E-state index contributed by atoms with van der Waals surface area (Å²) < 4.78 is 0. The molecule has 0 heterocycles. The molecule has 5 heteroatoms. The summed E-state index contributed by atoms with van der Waals surface area (Å²) in [6.45, 7) is 9.17. The lowest BCUT2D eigenvalue weighted by Crippen LogP contribution is -2.39. The van der Waals surface area contributed by atoms with Crippen LogP contribution < -0.4 is 5.32 Å². The molecule has 1 atom stereocenters. The molecule has 0 aromatic heterocycles. The van der Waals surface area contributed by atoms with Gasteiger partial charge in [0.05, 0.1) is 0 Å². The number of hydrogen-bond acceptors (Lipinski definition) is 3. The molecule has 0 fully saturated rings. The molecule has 0 aliphatic heterocycles. The van der Waals surface area contributed by atoms with E-state index >= 15 is 0 Å². The van der Waals surface area contributed by atoms with Gasteiger partial charge in [-0.15, -0.1) is 0 Å². The minimum atomic E-state index is -0.939. The summed E-state index contributed by atoms with van der Waals surface area (Å²) in [5.74, 6) is -1.22. The Hall–Kier alpha value is -1.10. The molecule has 0 aromatic rings. The molecule has 2 N–H and O–H groups in total. The summed E-state index contributed by atoms with van der Waals surface area (Å²) in [7, 11) is 0. The molecule has 5 nitrogen and oxygen atoms in total. The number of carbonyl (C=O) groups excluding carboxylic acids is 1.